The summed E-state index contributed by atoms with van der Waals surface area (Å²) in [5, 5.41) is 2.86. The first-order chi connectivity index (χ1) is 14.0. The smallest absolute Gasteiger partial charge is 0.250 e. The normalized spacial score (nSPS) is 26.0. The van der Waals surface area contributed by atoms with Gasteiger partial charge >= 0.3 is 0 Å². The van der Waals surface area contributed by atoms with Gasteiger partial charge in [-0.2, -0.15) is 0 Å². The van der Waals surface area contributed by atoms with Crippen LogP contribution < -0.4 is 5.32 Å². The Hall–Kier alpha value is -2.24. The van der Waals surface area contributed by atoms with E-state index in [0.717, 1.165) is 19.4 Å². The van der Waals surface area contributed by atoms with Crippen LogP contribution in [-0.4, -0.2) is 23.9 Å². The molecule has 1 saturated heterocycles. The number of nitrogens with zero attached hydrogens (tertiary/aromatic N) is 1. The first-order valence-corrected chi connectivity index (χ1v) is 10.3. The molecular weight excluding hydrogens is 394 g/mol. The molecule has 2 fully saturated rings. The molecule has 6 heteroatoms. The topological polar surface area (TPSA) is 32.3 Å². The van der Waals surface area contributed by atoms with Crippen LogP contribution in [-0.2, 0) is 10.3 Å². The molecule has 2 atom stereocenters. The third kappa shape index (κ3) is 2.67. The number of carbonyl (C=O) groups excluding carboxylic acids is 1. The Bertz CT molecular complexity index is 1040. The Morgan fingerprint density at radius 2 is 2.07 bits per heavy atom. The minimum Gasteiger partial charge on any atom is -0.324 e. The van der Waals surface area contributed by atoms with E-state index in [1.165, 1.54) is 18.2 Å². The van der Waals surface area contributed by atoms with Crippen LogP contribution in [0.25, 0.3) is 6.08 Å². The lowest BCUT2D eigenvalue weighted by atomic mass is 9.75. The highest BCUT2D eigenvalue weighted by Crippen LogP contribution is 2.56. The molecule has 0 radical (unpaired) electrons. The number of anilines is 1. The van der Waals surface area contributed by atoms with Gasteiger partial charge in [-0.15, -0.1) is 0 Å². The maximum Gasteiger partial charge on any atom is 0.250 e. The van der Waals surface area contributed by atoms with Crippen LogP contribution in [0.5, 0.6) is 0 Å². The summed E-state index contributed by atoms with van der Waals surface area (Å²) in [6, 6.07) is 7.98. The van der Waals surface area contributed by atoms with E-state index < -0.39 is 17.3 Å². The van der Waals surface area contributed by atoms with Gasteiger partial charge in [-0.3, -0.25) is 9.69 Å². The van der Waals surface area contributed by atoms with Crippen molar-refractivity contribution in [1.29, 1.82) is 0 Å². The number of amides is 1. The predicted molar refractivity (Wildman–Crippen MR) is 110 cm³/mol. The van der Waals surface area contributed by atoms with Crippen LogP contribution in [0.4, 0.5) is 14.5 Å². The van der Waals surface area contributed by atoms with Gasteiger partial charge in [0, 0.05) is 35.8 Å². The summed E-state index contributed by atoms with van der Waals surface area (Å²) >= 11 is 5.97. The maximum atomic E-state index is 15.3. The molecule has 1 N–H and O–H groups in total. The molecule has 2 aromatic carbocycles. The molecule has 1 amide bonds. The minimum absolute atomic E-state index is 0.0378. The van der Waals surface area contributed by atoms with Crippen LogP contribution in [0.2, 0.25) is 5.02 Å². The number of halogens is 3. The third-order valence-electron chi connectivity index (χ3n) is 6.59. The zero-order chi connectivity index (χ0) is 20.3. The number of hydrogen-bond donors (Lipinski definition) is 1. The van der Waals surface area contributed by atoms with Gasteiger partial charge in [0.1, 0.15) is 17.2 Å². The molecule has 0 aromatic heterocycles. The van der Waals surface area contributed by atoms with E-state index in [4.69, 9.17) is 11.6 Å². The fraction of sp³-hybridized carbons (Fsp3) is 0.348. The molecule has 1 saturated carbocycles. The van der Waals surface area contributed by atoms with Gasteiger partial charge in [0.2, 0.25) is 5.91 Å². The molecule has 2 heterocycles. The van der Waals surface area contributed by atoms with Crippen LogP contribution in [0, 0.1) is 17.6 Å². The van der Waals surface area contributed by atoms with Crippen LogP contribution >= 0.6 is 11.6 Å². The van der Waals surface area contributed by atoms with Gasteiger partial charge in [-0.05, 0) is 42.9 Å². The molecule has 3 nitrogen and oxygen atoms in total. The van der Waals surface area contributed by atoms with Crippen molar-refractivity contribution in [2.75, 3.05) is 18.4 Å². The molecule has 2 aliphatic heterocycles. The lowest BCUT2D eigenvalue weighted by Crippen LogP contribution is -2.50. The molecule has 150 valence electrons. The second-order valence-electron chi connectivity index (χ2n) is 8.22. The van der Waals surface area contributed by atoms with E-state index in [1.54, 1.807) is 18.2 Å². The number of hydrogen-bond acceptors (Lipinski definition) is 2. The van der Waals surface area contributed by atoms with Gasteiger partial charge in [-0.25, -0.2) is 8.78 Å². The van der Waals surface area contributed by atoms with E-state index in [9.17, 15) is 9.18 Å². The highest BCUT2D eigenvalue weighted by Gasteiger charge is 2.61. The molecule has 0 bridgehead atoms. The van der Waals surface area contributed by atoms with Crippen molar-refractivity contribution in [2.45, 2.75) is 30.7 Å². The summed E-state index contributed by atoms with van der Waals surface area (Å²) in [4.78, 5) is 15.6. The summed E-state index contributed by atoms with van der Waals surface area (Å²) in [5.74, 6) is -1.07. The number of likely N-dealkylation sites (tertiary alicyclic amines) is 1. The van der Waals surface area contributed by atoms with Gasteiger partial charge in [0.15, 0.2) is 0 Å². The zero-order valence-electron chi connectivity index (χ0n) is 15.9. The molecular formula is C23H21ClF2N2O. The first-order valence-electron chi connectivity index (χ1n) is 9.93. The first kappa shape index (κ1) is 18.8. The molecule has 1 unspecified atom stereocenters. The molecule has 2 aromatic rings. The Kier molecular flexibility index (Phi) is 4.30. The van der Waals surface area contributed by atoms with E-state index in [1.807, 2.05) is 0 Å². The molecule has 5 rings (SSSR count). The monoisotopic (exact) mass is 414 g/mol. The third-order valence-corrected chi connectivity index (χ3v) is 6.88. The van der Waals surface area contributed by atoms with Gasteiger partial charge in [0.05, 0.1) is 5.02 Å². The van der Waals surface area contributed by atoms with E-state index in [-0.39, 0.29) is 16.7 Å². The number of carbonyl (C=O) groups is 1. The average Bonchev–Trinajstić information content (AvgIpc) is 3.38. The summed E-state index contributed by atoms with van der Waals surface area (Å²) in [5.41, 5.74) is 0.799. The molecule has 1 spiro atoms. The van der Waals surface area contributed by atoms with Crippen molar-refractivity contribution in [2.24, 2.45) is 5.92 Å². The SMILES string of the molecule is C=Cc1cccc([C@H]2CCN(CC3CC3)C23C(=O)Nc2cc(Cl)c(F)cc23)c1F. The molecule has 29 heavy (non-hydrogen) atoms. The minimum atomic E-state index is -1.13. The lowest BCUT2D eigenvalue weighted by molar-refractivity contribution is -0.127. The van der Waals surface area contributed by atoms with Gasteiger partial charge < -0.3 is 5.32 Å². The second kappa shape index (κ2) is 6.64. The zero-order valence-corrected chi connectivity index (χ0v) is 16.6. The number of benzene rings is 2. The second-order valence-corrected chi connectivity index (χ2v) is 8.62. The highest BCUT2D eigenvalue weighted by atomic mass is 35.5. The molecule has 3 aliphatic rings. The van der Waals surface area contributed by atoms with E-state index in [0.29, 0.717) is 41.3 Å². The Morgan fingerprint density at radius 3 is 2.79 bits per heavy atom. The van der Waals surface area contributed by atoms with Crippen LogP contribution in [0.15, 0.2) is 36.9 Å². The largest absolute Gasteiger partial charge is 0.324 e. The lowest BCUT2D eigenvalue weighted by Gasteiger charge is -2.38. The van der Waals surface area contributed by atoms with Crippen molar-refractivity contribution in [3.05, 3.63) is 70.3 Å². The summed E-state index contributed by atoms with van der Waals surface area (Å²) in [6.45, 7) is 5.08. The van der Waals surface area contributed by atoms with Crippen molar-refractivity contribution < 1.29 is 13.6 Å². The van der Waals surface area contributed by atoms with Crippen molar-refractivity contribution >= 4 is 29.3 Å². The van der Waals surface area contributed by atoms with Crippen molar-refractivity contribution in [1.82, 2.24) is 4.90 Å². The maximum absolute atomic E-state index is 15.3. The van der Waals surface area contributed by atoms with E-state index in [2.05, 4.69) is 16.8 Å². The van der Waals surface area contributed by atoms with Gasteiger partial charge in [-0.1, -0.05) is 42.5 Å². The fourth-order valence-corrected chi connectivity index (χ4v) is 5.24. The standard InChI is InChI=1S/C23H21ClF2N2O/c1-2-14-4-3-5-15(21(14)26)16-8-9-28(12-13-6-7-13)23(16)17-10-19(25)18(24)11-20(17)27-22(23)29/h2-5,10-11,13,16H,1,6-9,12H2,(H,27,29)/t16-,23?/m1/s1. The Labute approximate surface area is 173 Å². The molecule has 1 aliphatic carbocycles. The Balaban J connectivity index is 1.72. The predicted octanol–water partition coefficient (Wildman–Crippen LogP) is 5.31. The summed E-state index contributed by atoms with van der Waals surface area (Å²) in [6.07, 6.45) is 4.34. The average molecular weight is 415 g/mol. The number of fused-ring (bicyclic) bond motifs is 2. The fourth-order valence-electron chi connectivity index (χ4n) is 5.08. The highest BCUT2D eigenvalue weighted by molar-refractivity contribution is 6.31. The van der Waals surface area contributed by atoms with Crippen LogP contribution in [0.3, 0.4) is 0 Å². The van der Waals surface area contributed by atoms with Gasteiger partial charge in [0.25, 0.3) is 0 Å². The Morgan fingerprint density at radius 1 is 1.28 bits per heavy atom. The van der Waals surface area contributed by atoms with Crippen molar-refractivity contribution in [3.8, 4) is 0 Å². The van der Waals surface area contributed by atoms with Crippen LogP contribution in [0.1, 0.15) is 41.9 Å². The summed E-state index contributed by atoms with van der Waals surface area (Å²) in [7, 11) is 0. The summed E-state index contributed by atoms with van der Waals surface area (Å²) < 4.78 is 29.8. The van der Waals surface area contributed by atoms with Crippen molar-refractivity contribution in [3.63, 3.8) is 0 Å². The number of nitrogens with one attached hydrogen (secondary N) is 1. The quantitative estimate of drug-likeness (QED) is 0.735. The number of rotatable bonds is 4. The van der Waals surface area contributed by atoms with E-state index >= 15 is 4.39 Å².